The molecule has 2 fully saturated rings. The van der Waals surface area contributed by atoms with Gasteiger partial charge in [-0.15, -0.1) is 0 Å². The highest BCUT2D eigenvalue weighted by Crippen LogP contribution is 2.34. The fourth-order valence-electron chi connectivity index (χ4n) is 5.51. The topological polar surface area (TPSA) is 116 Å². The molecule has 5 heterocycles. The molecule has 2 aliphatic heterocycles. The average Bonchev–Trinajstić information content (AvgIpc) is 3.25. The average molecular weight is 542 g/mol. The maximum Gasteiger partial charge on any atom is 0.224 e. The lowest BCUT2D eigenvalue weighted by atomic mass is 9.96. The minimum Gasteiger partial charge on any atom is -0.381 e. The largest absolute Gasteiger partial charge is 0.381 e. The molecular weight excluding hydrogens is 506 g/mol. The first-order chi connectivity index (χ1) is 19.7. The first kappa shape index (κ1) is 26.3. The highest BCUT2D eigenvalue weighted by Gasteiger charge is 2.22. The maximum absolute atomic E-state index is 12.8. The number of nitrogens with one attached hydrogen (secondary N) is 2. The summed E-state index contributed by atoms with van der Waals surface area (Å²) in [7, 11) is 0. The molecule has 1 aromatic carbocycles. The summed E-state index contributed by atoms with van der Waals surface area (Å²) in [5.41, 5.74) is 5.59. The number of carbonyl (C=O) groups is 1. The third kappa shape index (κ3) is 5.83. The number of ether oxygens (including phenoxy) is 2. The van der Waals surface area contributed by atoms with Gasteiger partial charge in [0, 0.05) is 49.4 Å². The van der Waals surface area contributed by atoms with Crippen LogP contribution in [-0.2, 0) is 14.3 Å². The van der Waals surface area contributed by atoms with E-state index in [9.17, 15) is 4.79 Å². The van der Waals surface area contributed by atoms with Crippen LogP contribution < -0.4 is 10.6 Å². The number of fused-ring (bicyclic) bond motifs is 1. The van der Waals surface area contributed by atoms with Gasteiger partial charge in [-0.25, -0.2) is 19.9 Å². The van der Waals surface area contributed by atoms with E-state index in [2.05, 4.69) is 30.6 Å². The number of aromatic nitrogens is 5. The van der Waals surface area contributed by atoms with Crippen LogP contribution in [0.15, 0.2) is 49.2 Å². The number of carbonyl (C=O) groups excluding carboxylic acids is 1. The Balaban J connectivity index is 1.24. The van der Waals surface area contributed by atoms with Crippen LogP contribution in [-0.4, -0.2) is 50.2 Å². The van der Waals surface area contributed by atoms with Crippen LogP contribution in [0.1, 0.15) is 56.7 Å². The van der Waals surface area contributed by atoms with E-state index in [0.29, 0.717) is 29.4 Å². The Morgan fingerprint density at radius 1 is 1.02 bits per heavy atom. The monoisotopic (exact) mass is 541 g/mol. The fourth-order valence-corrected chi connectivity index (χ4v) is 5.51. The van der Waals surface area contributed by atoms with Crippen LogP contribution in [0.25, 0.3) is 22.4 Å². The molecule has 0 aliphatic carbocycles. The van der Waals surface area contributed by atoms with Gasteiger partial charge in [0.15, 0.2) is 5.65 Å². The molecule has 6 rings (SSSR count). The van der Waals surface area contributed by atoms with Crippen molar-refractivity contribution in [1.29, 1.82) is 0 Å². The van der Waals surface area contributed by atoms with Gasteiger partial charge in [-0.05, 0) is 81.2 Å². The van der Waals surface area contributed by atoms with Gasteiger partial charge in [-0.3, -0.25) is 9.36 Å². The van der Waals surface area contributed by atoms with Crippen molar-refractivity contribution in [3.8, 4) is 11.3 Å². The molecule has 0 bridgehead atoms. The Morgan fingerprint density at radius 2 is 1.98 bits per heavy atom. The van der Waals surface area contributed by atoms with Crippen molar-refractivity contribution < 1.29 is 14.3 Å². The SMILES string of the molecule is Cc1ccc(NC(=O)CC2CCCOCC2)cc1Nc1ncccc1-c1ncnc2c1ncn2C1CCCCO1. The van der Waals surface area contributed by atoms with E-state index in [-0.39, 0.29) is 12.1 Å². The van der Waals surface area contributed by atoms with E-state index in [1.54, 1.807) is 18.9 Å². The van der Waals surface area contributed by atoms with Crippen LogP contribution in [0.3, 0.4) is 0 Å². The summed E-state index contributed by atoms with van der Waals surface area (Å²) in [5, 5.41) is 6.56. The Bertz CT molecular complexity index is 1470. The number of anilines is 3. The van der Waals surface area contributed by atoms with Crippen molar-refractivity contribution in [3.63, 3.8) is 0 Å². The summed E-state index contributed by atoms with van der Waals surface area (Å²) >= 11 is 0. The van der Waals surface area contributed by atoms with Crippen LogP contribution in [0, 0.1) is 12.8 Å². The molecule has 2 saturated heterocycles. The van der Waals surface area contributed by atoms with Gasteiger partial charge in [0.25, 0.3) is 0 Å². The summed E-state index contributed by atoms with van der Waals surface area (Å²) in [5.74, 6) is 1.04. The first-order valence-electron chi connectivity index (χ1n) is 14.2. The second-order valence-electron chi connectivity index (χ2n) is 10.6. The zero-order valence-corrected chi connectivity index (χ0v) is 22.8. The molecule has 4 aromatic rings. The van der Waals surface area contributed by atoms with Crippen LogP contribution in [0.2, 0.25) is 0 Å². The summed E-state index contributed by atoms with van der Waals surface area (Å²) < 4.78 is 13.5. The van der Waals surface area contributed by atoms with E-state index in [0.717, 1.165) is 86.5 Å². The van der Waals surface area contributed by atoms with Crippen molar-refractivity contribution in [2.24, 2.45) is 5.92 Å². The number of amides is 1. The highest BCUT2D eigenvalue weighted by molar-refractivity contribution is 5.93. The Hall–Kier alpha value is -3.89. The standard InChI is InChI=1S/C30H35N7O3/c1-20-9-10-22(35-25(38)16-21-6-5-13-39-15-11-21)17-24(20)36-29-23(7-4-12-31-29)27-28-30(33-18-32-27)37(19-34-28)26-8-2-3-14-40-26/h4,7,9-10,12,17-19,21,26H,2-3,5-6,8,11,13-16H2,1H3,(H,31,36)(H,35,38). The van der Waals surface area contributed by atoms with Gasteiger partial charge >= 0.3 is 0 Å². The lowest BCUT2D eigenvalue weighted by Crippen LogP contribution is -2.17. The molecule has 10 nitrogen and oxygen atoms in total. The smallest absolute Gasteiger partial charge is 0.224 e. The van der Waals surface area contributed by atoms with Crippen molar-refractivity contribution in [1.82, 2.24) is 24.5 Å². The molecule has 0 saturated carbocycles. The van der Waals surface area contributed by atoms with Gasteiger partial charge < -0.3 is 20.1 Å². The molecule has 2 atom stereocenters. The summed E-state index contributed by atoms with van der Waals surface area (Å²) in [6.45, 7) is 4.29. The minimum absolute atomic E-state index is 0.0288. The third-order valence-corrected chi connectivity index (χ3v) is 7.71. The number of nitrogens with zero attached hydrogens (tertiary/aromatic N) is 5. The number of rotatable bonds is 7. The molecule has 2 aliphatic rings. The predicted octanol–water partition coefficient (Wildman–Crippen LogP) is 5.78. The normalized spacial score (nSPS) is 19.7. The number of imidazole rings is 1. The van der Waals surface area contributed by atoms with E-state index in [1.165, 1.54) is 0 Å². The maximum atomic E-state index is 12.8. The van der Waals surface area contributed by atoms with Crippen LogP contribution >= 0.6 is 0 Å². The number of hydrogen-bond acceptors (Lipinski definition) is 8. The lowest BCUT2D eigenvalue weighted by molar-refractivity contribution is -0.117. The highest BCUT2D eigenvalue weighted by atomic mass is 16.5. The molecule has 3 aromatic heterocycles. The van der Waals surface area contributed by atoms with Crippen molar-refractivity contribution >= 4 is 34.3 Å². The van der Waals surface area contributed by atoms with Gasteiger partial charge in [-0.1, -0.05) is 6.07 Å². The molecule has 2 N–H and O–H groups in total. The Kier molecular flexibility index (Phi) is 7.97. The Labute approximate surface area is 233 Å². The molecule has 1 amide bonds. The van der Waals surface area contributed by atoms with Gasteiger partial charge in [0.1, 0.15) is 29.6 Å². The summed E-state index contributed by atoms with van der Waals surface area (Å²) in [6.07, 6.45) is 11.6. The zero-order chi connectivity index (χ0) is 27.3. The molecular formula is C30H35N7O3. The summed E-state index contributed by atoms with van der Waals surface area (Å²) in [6, 6.07) is 9.74. The number of aryl methyl sites for hydroxylation is 1. The quantitative estimate of drug-likeness (QED) is 0.302. The molecule has 40 heavy (non-hydrogen) atoms. The van der Waals surface area contributed by atoms with E-state index in [4.69, 9.17) is 9.47 Å². The van der Waals surface area contributed by atoms with Gasteiger partial charge in [-0.2, -0.15) is 0 Å². The number of hydrogen-bond donors (Lipinski definition) is 2. The van der Waals surface area contributed by atoms with E-state index in [1.807, 2.05) is 41.8 Å². The van der Waals surface area contributed by atoms with Crippen LogP contribution in [0.4, 0.5) is 17.2 Å². The predicted molar refractivity (Wildman–Crippen MR) is 153 cm³/mol. The van der Waals surface area contributed by atoms with Gasteiger partial charge in [0.05, 0.1) is 6.33 Å². The van der Waals surface area contributed by atoms with E-state index >= 15 is 0 Å². The van der Waals surface area contributed by atoms with Gasteiger partial charge in [0.2, 0.25) is 5.91 Å². The zero-order valence-electron chi connectivity index (χ0n) is 22.8. The first-order valence-corrected chi connectivity index (χ1v) is 14.2. The second-order valence-corrected chi connectivity index (χ2v) is 10.6. The molecule has 208 valence electrons. The lowest BCUT2D eigenvalue weighted by Gasteiger charge is -2.23. The third-order valence-electron chi connectivity index (χ3n) is 7.71. The molecule has 0 radical (unpaired) electrons. The number of benzene rings is 1. The van der Waals surface area contributed by atoms with Crippen molar-refractivity contribution in [3.05, 3.63) is 54.7 Å². The van der Waals surface area contributed by atoms with Crippen LogP contribution in [0.5, 0.6) is 0 Å². The Morgan fingerprint density at radius 3 is 2.88 bits per heavy atom. The molecule has 10 heteroatoms. The molecule has 2 unspecified atom stereocenters. The van der Waals surface area contributed by atoms with E-state index < -0.39 is 0 Å². The van der Waals surface area contributed by atoms with Crippen molar-refractivity contribution in [2.75, 3.05) is 30.5 Å². The second kappa shape index (κ2) is 12.1. The molecule has 0 spiro atoms. The number of pyridine rings is 1. The fraction of sp³-hybridized carbons (Fsp3) is 0.433. The van der Waals surface area contributed by atoms with Crippen molar-refractivity contribution in [2.45, 2.75) is 58.1 Å². The summed E-state index contributed by atoms with van der Waals surface area (Å²) in [4.78, 5) is 31.3. The minimum atomic E-state index is -0.0653.